The lowest BCUT2D eigenvalue weighted by molar-refractivity contribution is -0.670. The summed E-state index contributed by atoms with van der Waals surface area (Å²) in [5.41, 5.74) is 2.07. The van der Waals surface area contributed by atoms with E-state index in [0.717, 1.165) is 30.6 Å². The molecular weight excluding hydrogens is 242 g/mol. The van der Waals surface area contributed by atoms with Gasteiger partial charge in [-0.2, -0.15) is 0 Å². The summed E-state index contributed by atoms with van der Waals surface area (Å²) < 4.78 is 0. The molecule has 0 unspecified atom stereocenters. The molecule has 0 amide bonds. The third-order valence-electron chi connectivity index (χ3n) is 2.97. The molecule has 0 radical (unpaired) electrons. The Morgan fingerprint density at radius 1 is 0.842 bits per heavy atom. The molecule has 5 N–H and O–H groups in total. The Kier molecular flexibility index (Phi) is 4.26. The molecule has 0 heterocycles. The first-order valence-corrected chi connectivity index (χ1v) is 6.25. The molecule has 2 aromatic carbocycles. The fraction of sp³-hybridized carbons (Fsp3) is 0.200. The molecule has 0 atom stereocenters. The monoisotopic (exact) mass is 260 g/mol. The predicted octanol–water partition coefficient (Wildman–Crippen LogP) is 1.11. The number of benzene rings is 2. The topological polar surface area (TPSA) is 77.3 Å². The summed E-state index contributed by atoms with van der Waals surface area (Å²) >= 11 is 0. The summed E-state index contributed by atoms with van der Waals surface area (Å²) in [7, 11) is 0. The van der Waals surface area contributed by atoms with Crippen molar-refractivity contribution in [3.63, 3.8) is 0 Å². The van der Waals surface area contributed by atoms with Crippen LogP contribution in [0.5, 0.6) is 17.2 Å². The lowest BCUT2D eigenvalue weighted by Gasteiger charge is -2.04. The molecule has 0 bridgehead atoms. The van der Waals surface area contributed by atoms with E-state index in [-0.39, 0.29) is 17.2 Å². The summed E-state index contributed by atoms with van der Waals surface area (Å²) in [6.07, 6.45) is 0.812. The van der Waals surface area contributed by atoms with Gasteiger partial charge in [0.25, 0.3) is 0 Å². The Balaban J connectivity index is 1.79. The maximum Gasteiger partial charge on any atom is 0.157 e. The zero-order valence-electron chi connectivity index (χ0n) is 10.6. The van der Waals surface area contributed by atoms with Crippen LogP contribution < -0.4 is 5.32 Å². The van der Waals surface area contributed by atoms with Gasteiger partial charge in [-0.15, -0.1) is 0 Å². The molecule has 2 rings (SSSR count). The minimum atomic E-state index is -0.0903. The molecule has 0 aromatic heterocycles. The first-order chi connectivity index (χ1) is 9.15. The van der Waals surface area contributed by atoms with Gasteiger partial charge in [0, 0.05) is 12.0 Å². The van der Waals surface area contributed by atoms with Gasteiger partial charge in [0.1, 0.15) is 12.3 Å². The molecule has 0 fully saturated rings. The second-order valence-corrected chi connectivity index (χ2v) is 4.52. The Bertz CT molecular complexity index is 555. The van der Waals surface area contributed by atoms with E-state index >= 15 is 0 Å². The number of quaternary nitrogens is 1. The predicted molar refractivity (Wildman–Crippen MR) is 72.1 cm³/mol. The van der Waals surface area contributed by atoms with Gasteiger partial charge in [0.15, 0.2) is 11.5 Å². The molecule has 0 aliphatic carbocycles. The van der Waals surface area contributed by atoms with Gasteiger partial charge in [-0.3, -0.25) is 0 Å². The molecule has 0 aliphatic rings. The van der Waals surface area contributed by atoms with E-state index in [1.165, 1.54) is 6.07 Å². The largest absolute Gasteiger partial charge is 0.508 e. The second-order valence-electron chi connectivity index (χ2n) is 4.52. The number of rotatable bonds is 5. The summed E-state index contributed by atoms with van der Waals surface area (Å²) in [5, 5.41) is 30.1. The van der Waals surface area contributed by atoms with Crippen molar-refractivity contribution in [2.24, 2.45) is 0 Å². The van der Waals surface area contributed by atoms with Crippen LogP contribution in [0.15, 0.2) is 42.5 Å². The van der Waals surface area contributed by atoms with Crippen LogP contribution in [0.2, 0.25) is 0 Å². The molecule has 0 saturated heterocycles. The lowest BCUT2D eigenvalue weighted by atomic mass is 10.1. The second kappa shape index (κ2) is 6.11. The number of hydrogen-bond donors (Lipinski definition) is 4. The van der Waals surface area contributed by atoms with Gasteiger partial charge in [-0.1, -0.05) is 18.2 Å². The van der Waals surface area contributed by atoms with Crippen LogP contribution in [0.3, 0.4) is 0 Å². The van der Waals surface area contributed by atoms with E-state index in [2.05, 4.69) is 5.32 Å². The van der Waals surface area contributed by atoms with Crippen molar-refractivity contribution in [2.75, 3.05) is 6.54 Å². The quantitative estimate of drug-likeness (QED) is 0.480. The van der Waals surface area contributed by atoms with E-state index in [9.17, 15) is 15.3 Å². The minimum Gasteiger partial charge on any atom is -0.508 e. The van der Waals surface area contributed by atoms with Crippen LogP contribution in [0.4, 0.5) is 0 Å². The number of phenols is 3. The van der Waals surface area contributed by atoms with Gasteiger partial charge < -0.3 is 20.6 Å². The highest BCUT2D eigenvalue weighted by atomic mass is 16.3. The van der Waals surface area contributed by atoms with Crippen LogP contribution in [-0.4, -0.2) is 21.9 Å². The maximum atomic E-state index is 9.38. The van der Waals surface area contributed by atoms with Crippen LogP contribution in [0, 0.1) is 0 Å². The van der Waals surface area contributed by atoms with Gasteiger partial charge in [0.2, 0.25) is 0 Å². The Hall–Kier alpha value is -2.20. The zero-order valence-corrected chi connectivity index (χ0v) is 10.6. The van der Waals surface area contributed by atoms with E-state index in [4.69, 9.17) is 0 Å². The minimum absolute atomic E-state index is 0.0783. The molecule has 19 heavy (non-hydrogen) atoms. The Morgan fingerprint density at radius 3 is 2.42 bits per heavy atom. The van der Waals surface area contributed by atoms with E-state index in [0.29, 0.717) is 0 Å². The highest BCUT2D eigenvalue weighted by Crippen LogP contribution is 2.24. The van der Waals surface area contributed by atoms with Crippen LogP contribution in [0.1, 0.15) is 11.1 Å². The number of nitrogens with two attached hydrogens (primary N) is 1. The first-order valence-electron chi connectivity index (χ1n) is 6.25. The standard InChI is InChI=1S/C15H17NO3/c17-13-3-1-2-12(8-13)10-16-7-6-11-4-5-14(18)15(19)9-11/h1-5,8-9,16-19H,6-7,10H2/p+1. The van der Waals surface area contributed by atoms with E-state index in [1.54, 1.807) is 24.3 Å². The van der Waals surface area contributed by atoms with Crippen molar-refractivity contribution in [2.45, 2.75) is 13.0 Å². The van der Waals surface area contributed by atoms with Crippen molar-refractivity contribution < 1.29 is 20.6 Å². The molecule has 4 nitrogen and oxygen atoms in total. The molecule has 0 aliphatic heterocycles. The number of aromatic hydroxyl groups is 3. The van der Waals surface area contributed by atoms with Gasteiger partial charge in [-0.25, -0.2) is 0 Å². The maximum absolute atomic E-state index is 9.38. The SMILES string of the molecule is Oc1cccc(C[NH2+]CCc2ccc(O)c(O)c2)c1. The average molecular weight is 260 g/mol. The summed E-state index contributed by atoms with van der Waals surface area (Å²) in [6.45, 7) is 1.68. The van der Waals surface area contributed by atoms with E-state index < -0.39 is 0 Å². The lowest BCUT2D eigenvalue weighted by Crippen LogP contribution is -2.83. The van der Waals surface area contributed by atoms with E-state index in [1.807, 2.05) is 12.1 Å². The summed E-state index contributed by atoms with van der Waals surface area (Å²) in [4.78, 5) is 0. The zero-order chi connectivity index (χ0) is 13.7. The highest BCUT2D eigenvalue weighted by molar-refractivity contribution is 5.40. The van der Waals surface area contributed by atoms with Crippen molar-refractivity contribution in [1.29, 1.82) is 0 Å². The van der Waals surface area contributed by atoms with Crippen LogP contribution in [-0.2, 0) is 13.0 Å². The van der Waals surface area contributed by atoms with Gasteiger partial charge in [-0.05, 0) is 29.8 Å². The molecule has 4 heteroatoms. The molecule has 2 aromatic rings. The normalized spacial score (nSPS) is 10.5. The van der Waals surface area contributed by atoms with Crippen molar-refractivity contribution in [3.8, 4) is 17.2 Å². The Labute approximate surface area is 112 Å². The Morgan fingerprint density at radius 2 is 1.68 bits per heavy atom. The third kappa shape index (κ3) is 3.89. The number of phenolic OH excluding ortho intramolecular Hbond substituents is 3. The summed E-state index contributed by atoms with van der Waals surface area (Å²) in [5.74, 6) is 0.118. The van der Waals surface area contributed by atoms with Crippen LogP contribution >= 0.6 is 0 Å². The molecular formula is C15H18NO3+. The molecule has 0 spiro atoms. The first kappa shape index (κ1) is 13.2. The van der Waals surface area contributed by atoms with Crippen molar-refractivity contribution in [1.82, 2.24) is 0 Å². The fourth-order valence-corrected chi connectivity index (χ4v) is 1.95. The van der Waals surface area contributed by atoms with Crippen LogP contribution in [0.25, 0.3) is 0 Å². The fourth-order valence-electron chi connectivity index (χ4n) is 1.95. The average Bonchev–Trinajstić information content (AvgIpc) is 2.39. The summed E-state index contributed by atoms with van der Waals surface area (Å²) in [6, 6.07) is 12.1. The van der Waals surface area contributed by atoms with Gasteiger partial charge >= 0.3 is 0 Å². The molecule has 0 saturated carbocycles. The van der Waals surface area contributed by atoms with Crippen molar-refractivity contribution >= 4 is 0 Å². The van der Waals surface area contributed by atoms with Gasteiger partial charge in [0.05, 0.1) is 6.54 Å². The third-order valence-corrected chi connectivity index (χ3v) is 2.97. The smallest absolute Gasteiger partial charge is 0.157 e. The highest BCUT2D eigenvalue weighted by Gasteiger charge is 2.02. The van der Waals surface area contributed by atoms with Crippen molar-refractivity contribution in [3.05, 3.63) is 53.6 Å². The number of hydrogen-bond acceptors (Lipinski definition) is 3. The molecule has 100 valence electrons.